The van der Waals surface area contributed by atoms with Crippen molar-refractivity contribution >= 4 is 17.4 Å². The molecule has 2 aromatic carbocycles. The molecule has 0 bridgehead atoms. The molecule has 1 heterocycles. The summed E-state index contributed by atoms with van der Waals surface area (Å²) >= 11 is 0. The van der Waals surface area contributed by atoms with Gasteiger partial charge in [0.1, 0.15) is 5.82 Å². The summed E-state index contributed by atoms with van der Waals surface area (Å²) in [4.78, 5) is 19.1. The fourth-order valence-corrected chi connectivity index (χ4v) is 2.72. The summed E-state index contributed by atoms with van der Waals surface area (Å²) in [5.41, 5.74) is 2.93. The first kappa shape index (κ1) is 18.2. The van der Waals surface area contributed by atoms with Crippen molar-refractivity contribution in [1.82, 2.24) is 4.98 Å². The first-order valence-electron chi connectivity index (χ1n) is 8.76. The first-order valence-corrected chi connectivity index (χ1v) is 8.76. The Morgan fingerprint density at radius 3 is 2.52 bits per heavy atom. The number of carbonyl (C=O) groups is 1. The second-order valence-electron chi connectivity index (χ2n) is 6.05. The molecule has 1 aromatic heterocycles. The lowest BCUT2D eigenvalue weighted by Gasteiger charge is -2.22. The van der Waals surface area contributed by atoms with E-state index in [1.54, 1.807) is 42.6 Å². The van der Waals surface area contributed by atoms with Crippen molar-refractivity contribution in [2.45, 2.75) is 13.5 Å². The van der Waals surface area contributed by atoms with Crippen molar-refractivity contribution in [3.05, 3.63) is 89.6 Å². The Morgan fingerprint density at radius 1 is 1.11 bits per heavy atom. The first-order chi connectivity index (χ1) is 13.2. The number of carbonyl (C=O) groups excluding carboxylic acids is 1. The van der Waals surface area contributed by atoms with E-state index < -0.39 is 0 Å². The van der Waals surface area contributed by atoms with Gasteiger partial charge in [0.15, 0.2) is 0 Å². The van der Waals surface area contributed by atoms with E-state index in [1.807, 2.05) is 18.2 Å². The molecule has 3 rings (SSSR count). The molecule has 0 unspecified atom stereocenters. The van der Waals surface area contributed by atoms with Crippen LogP contribution in [0, 0.1) is 11.3 Å². The number of hydrogen-bond donors (Lipinski definition) is 1. The monoisotopic (exact) mass is 356 g/mol. The zero-order chi connectivity index (χ0) is 19.1. The van der Waals surface area contributed by atoms with Crippen LogP contribution in [0.15, 0.2) is 72.9 Å². The lowest BCUT2D eigenvalue weighted by atomic mass is 10.2. The van der Waals surface area contributed by atoms with Crippen molar-refractivity contribution < 1.29 is 4.79 Å². The summed E-state index contributed by atoms with van der Waals surface area (Å²) in [5.74, 6) is 0.549. The average molecular weight is 356 g/mol. The summed E-state index contributed by atoms with van der Waals surface area (Å²) in [7, 11) is 0. The Balaban J connectivity index is 1.75. The maximum Gasteiger partial charge on any atom is 0.255 e. The number of nitriles is 1. The van der Waals surface area contributed by atoms with E-state index in [1.165, 1.54) is 5.56 Å². The molecular formula is C22H20N4O. The number of hydrogen-bond acceptors (Lipinski definition) is 4. The van der Waals surface area contributed by atoms with Crippen LogP contribution < -0.4 is 10.2 Å². The van der Waals surface area contributed by atoms with Crippen LogP contribution in [0.4, 0.5) is 11.5 Å². The zero-order valence-corrected chi connectivity index (χ0v) is 15.1. The molecule has 27 heavy (non-hydrogen) atoms. The molecule has 3 aromatic rings. The molecule has 1 N–H and O–H groups in total. The molecule has 0 spiro atoms. The van der Waals surface area contributed by atoms with E-state index in [9.17, 15) is 4.79 Å². The largest absolute Gasteiger partial charge is 0.353 e. The number of aromatic nitrogens is 1. The Hall–Kier alpha value is -3.65. The van der Waals surface area contributed by atoms with Crippen LogP contribution >= 0.6 is 0 Å². The Morgan fingerprint density at radius 2 is 1.85 bits per heavy atom. The fraction of sp³-hybridized carbons (Fsp3) is 0.136. The molecule has 134 valence electrons. The molecule has 0 aliphatic heterocycles. The Kier molecular flexibility index (Phi) is 5.80. The third-order valence-electron chi connectivity index (χ3n) is 4.20. The molecule has 0 aliphatic carbocycles. The van der Waals surface area contributed by atoms with Gasteiger partial charge in [0.05, 0.1) is 11.6 Å². The van der Waals surface area contributed by atoms with Crippen molar-refractivity contribution in [3.63, 3.8) is 0 Å². The van der Waals surface area contributed by atoms with E-state index in [0.717, 1.165) is 18.9 Å². The molecule has 5 nitrogen and oxygen atoms in total. The molecule has 0 saturated carbocycles. The predicted octanol–water partition coefficient (Wildman–Crippen LogP) is 4.23. The molecule has 0 atom stereocenters. The quantitative estimate of drug-likeness (QED) is 0.717. The van der Waals surface area contributed by atoms with Crippen LogP contribution in [0.3, 0.4) is 0 Å². The predicted molar refractivity (Wildman–Crippen MR) is 107 cm³/mol. The van der Waals surface area contributed by atoms with E-state index in [-0.39, 0.29) is 5.91 Å². The Labute approximate surface area is 158 Å². The topological polar surface area (TPSA) is 69.0 Å². The summed E-state index contributed by atoms with van der Waals surface area (Å²) in [6.07, 6.45) is 1.65. The highest BCUT2D eigenvalue weighted by atomic mass is 16.1. The summed E-state index contributed by atoms with van der Waals surface area (Å²) in [5, 5.41) is 11.7. The highest BCUT2D eigenvalue weighted by Crippen LogP contribution is 2.17. The second-order valence-corrected chi connectivity index (χ2v) is 6.05. The maximum atomic E-state index is 12.6. The highest BCUT2D eigenvalue weighted by molar-refractivity contribution is 6.04. The van der Waals surface area contributed by atoms with Gasteiger partial charge in [0.2, 0.25) is 0 Å². The van der Waals surface area contributed by atoms with Crippen molar-refractivity contribution in [1.29, 1.82) is 5.26 Å². The van der Waals surface area contributed by atoms with E-state index in [0.29, 0.717) is 16.8 Å². The van der Waals surface area contributed by atoms with Gasteiger partial charge >= 0.3 is 0 Å². The molecule has 0 radical (unpaired) electrons. The van der Waals surface area contributed by atoms with Crippen LogP contribution in [-0.4, -0.2) is 17.4 Å². The lowest BCUT2D eigenvalue weighted by Crippen LogP contribution is -2.23. The number of benzene rings is 2. The number of rotatable bonds is 6. The van der Waals surface area contributed by atoms with Crippen LogP contribution in [0.1, 0.15) is 28.4 Å². The van der Waals surface area contributed by atoms with Gasteiger partial charge in [-0.05, 0) is 48.9 Å². The van der Waals surface area contributed by atoms with Gasteiger partial charge in [0, 0.05) is 30.5 Å². The van der Waals surface area contributed by atoms with Gasteiger partial charge < -0.3 is 10.2 Å². The number of nitrogens with zero attached hydrogens (tertiary/aromatic N) is 3. The normalized spacial score (nSPS) is 10.1. The zero-order valence-electron chi connectivity index (χ0n) is 15.1. The minimum atomic E-state index is -0.209. The summed E-state index contributed by atoms with van der Waals surface area (Å²) < 4.78 is 0. The third-order valence-corrected chi connectivity index (χ3v) is 4.20. The van der Waals surface area contributed by atoms with Crippen LogP contribution in [-0.2, 0) is 6.54 Å². The summed E-state index contributed by atoms with van der Waals surface area (Å²) in [6, 6.07) is 22.5. The number of amides is 1. The summed E-state index contributed by atoms with van der Waals surface area (Å²) in [6.45, 7) is 3.57. The average Bonchev–Trinajstić information content (AvgIpc) is 2.73. The van der Waals surface area contributed by atoms with Gasteiger partial charge in [-0.3, -0.25) is 4.79 Å². The van der Waals surface area contributed by atoms with Crippen LogP contribution in [0.2, 0.25) is 0 Å². The third kappa shape index (κ3) is 4.71. The SMILES string of the molecule is CCN(Cc1ccccc1)c1cc(C(=O)Nc2ccc(C#N)cc2)ccn1. The maximum absolute atomic E-state index is 12.6. The van der Waals surface area contributed by atoms with Crippen LogP contribution in [0.5, 0.6) is 0 Å². The van der Waals surface area contributed by atoms with Gasteiger partial charge in [0.25, 0.3) is 5.91 Å². The molecule has 0 saturated heterocycles. The van der Waals surface area contributed by atoms with Crippen molar-refractivity contribution in [3.8, 4) is 6.07 Å². The lowest BCUT2D eigenvalue weighted by molar-refractivity contribution is 0.102. The van der Waals surface area contributed by atoms with E-state index in [2.05, 4.69) is 40.3 Å². The van der Waals surface area contributed by atoms with Gasteiger partial charge in [-0.25, -0.2) is 4.98 Å². The number of pyridine rings is 1. The smallest absolute Gasteiger partial charge is 0.255 e. The molecule has 0 fully saturated rings. The van der Waals surface area contributed by atoms with E-state index in [4.69, 9.17) is 5.26 Å². The standard InChI is InChI=1S/C22H20N4O/c1-2-26(16-18-6-4-3-5-7-18)21-14-19(12-13-24-21)22(27)25-20-10-8-17(15-23)9-11-20/h3-14H,2,16H2,1H3,(H,25,27). The van der Waals surface area contributed by atoms with Gasteiger partial charge in [-0.1, -0.05) is 30.3 Å². The minimum Gasteiger partial charge on any atom is -0.353 e. The molecule has 5 heteroatoms. The minimum absolute atomic E-state index is 0.209. The van der Waals surface area contributed by atoms with E-state index >= 15 is 0 Å². The van der Waals surface area contributed by atoms with Crippen LogP contribution in [0.25, 0.3) is 0 Å². The fourth-order valence-electron chi connectivity index (χ4n) is 2.72. The van der Waals surface area contributed by atoms with Crippen molar-refractivity contribution in [2.75, 3.05) is 16.8 Å². The Bertz CT molecular complexity index is 946. The molecule has 0 aliphatic rings. The second kappa shape index (κ2) is 8.63. The van der Waals surface area contributed by atoms with Gasteiger partial charge in [-0.2, -0.15) is 5.26 Å². The molecular weight excluding hydrogens is 336 g/mol. The van der Waals surface area contributed by atoms with Gasteiger partial charge in [-0.15, -0.1) is 0 Å². The van der Waals surface area contributed by atoms with Crippen molar-refractivity contribution in [2.24, 2.45) is 0 Å². The highest BCUT2D eigenvalue weighted by Gasteiger charge is 2.11. The molecule has 1 amide bonds. The number of nitrogens with one attached hydrogen (secondary N) is 1. The number of anilines is 2.